The fourth-order valence-electron chi connectivity index (χ4n) is 1.55. The van der Waals surface area contributed by atoms with Crippen LogP contribution in [0.3, 0.4) is 0 Å². The minimum absolute atomic E-state index is 0.167. The molecule has 82 valence electrons. The first-order valence-electron chi connectivity index (χ1n) is 5.41. The Labute approximate surface area is 91.2 Å². The summed E-state index contributed by atoms with van der Waals surface area (Å²) in [6.45, 7) is 3.97. The summed E-state index contributed by atoms with van der Waals surface area (Å²) in [5.74, 6) is 0.369. The first-order chi connectivity index (χ1) is 7.06. The van der Waals surface area contributed by atoms with Crippen LogP contribution in [0.1, 0.15) is 33.1 Å². The number of allylic oxidation sites excluding steroid dienone is 2. The highest BCUT2D eigenvalue weighted by Crippen LogP contribution is 2.18. The Bertz CT molecular complexity index is 299. The van der Waals surface area contributed by atoms with Crippen molar-refractivity contribution in [3.63, 3.8) is 0 Å². The third-order valence-corrected chi connectivity index (χ3v) is 2.78. The summed E-state index contributed by atoms with van der Waals surface area (Å²) in [6.07, 6.45) is 7.60. The van der Waals surface area contributed by atoms with E-state index in [-0.39, 0.29) is 5.91 Å². The van der Waals surface area contributed by atoms with Crippen LogP contribution in [0.2, 0.25) is 0 Å². The molecule has 0 bridgehead atoms. The molecule has 0 heterocycles. The highest BCUT2D eigenvalue weighted by atomic mass is 16.2. The first kappa shape index (κ1) is 11.8. The Kier molecular flexibility index (Phi) is 3.90. The lowest BCUT2D eigenvalue weighted by atomic mass is 9.92. The fourth-order valence-corrected chi connectivity index (χ4v) is 1.55. The number of nitrogens with zero attached hydrogens (tertiary/aromatic N) is 1. The van der Waals surface area contributed by atoms with Crippen LogP contribution < -0.4 is 5.32 Å². The highest BCUT2D eigenvalue weighted by molar-refractivity contribution is 5.84. The Hall–Kier alpha value is -1.30. The molecule has 3 heteroatoms. The van der Waals surface area contributed by atoms with Gasteiger partial charge in [0.05, 0.1) is 6.07 Å². The highest BCUT2D eigenvalue weighted by Gasteiger charge is 2.27. The molecule has 0 fully saturated rings. The molecule has 0 saturated heterocycles. The lowest BCUT2D eigenvalue weighted by molar-refractivity contribution is -0.127. The van der Waals surface area contributed by atoms with Gasteiger partial charge in [-0.25, -0.2) is 0 Å². The molecule has 0 aromatic heterocycles. The molecule has 0 spiro atoms. The summed E-state index contributed by atoms with van der Waals surface area (Å²) < 4.78 is 0. The van der Waals surface area contributed by atoms with Crippen LogP contribution in [0.4, 0.5) is 0 Å². The molecule has 15 heavy (non-hydrogen) atoms. The zero-order valence-corrected chi connectivity index (χ0v) is 9.42. The van der Waals surface area contributed by atoms with Crippen molar-refractivity contribution in [1.29, 1.82) is 5.26 Å². The van der Waals surface area contributed by atoms with Crippen LogP contribution in [0.5, 0.6) is 0 Å². The van der Waals surface area contributed by atoms with Gasteiger partial charge in [0.1, 0.15) is 5.41 Å². The van der Waals surface area contributed by atoms with Crippen LogP contribution in [-0.2, 0) is 4.79 Å². The maximum Gasteiger partial charge on any atom is 0.239 e. The zero-order chi connectivity index (χ0) is 11.3. The molecule has 3 nitrogen and oxygen atoms in total. The van der Waals surface area contributed by atoms with Crippen LogP contribution in [-0.4, -0.2) is 12.5 Å². The molecule has 1 rings (SSSR count). The number of nitrogens with one attached hydrogen (secondary N) is 1. The van der Waals surface area contributed by atoms with E-state index in [0.717, 1.165) is 19.3 Å². The summed E-state index contributed by atoms with van der Waals surface area (Å²) in [7, 11) is 0. The first-order valence-corrected chi connectivity index (χ1v) is 5.41. The quantitative estimate of drug-likeness (QED) is 0.718. The number of rotatable bonds is 3. The normalized spacial score (nSPS) is 20.7. The van der Waals surface area contributed by atoms with Crippen LogP contribution in [0, 0.1) is 22.7 Å². The van der Waals surface area contributed by atoms with E-state index in [1.54, 1.807) is 13.8 Å². The SMILES string of the molecule is CC(C)(C#N)C(=O)NCC1CC=CCC1. The molecule has 1 unspecified atom stereocenters. The smallest absolute Gasteiger partial charge is 0.239 e. The minimum Gasteiger partial charge on any atom is -0.354 e. The van der Waals surface area contributed by atoms with E-state index in [2.05, 4.69) is 17.5 Å². The molecular weight excluding hydrogens is 188 g/mol. The van der Waals surface area contributed by atoms with Gasteiger partial charge in [0.15, 0.2) is 0 Å². The molecule has 0 aliphatic heterocycles. The second kappa shape index (κ2) is 4.97. The summed E-state index contributed by atoms with van der Waals surface area (Å²) in [4.78, 5) is 11.6. The number of nitriles is 1. The summed E-state index contributed by atoms with van der Waals surface area (Å²) in [5, 5.41) is 11.6. The number of carbonyl (C=O) groups is 1. The number of hydrogen-bond acceptors (Lipinski definition) is 2. The van der Waals surface area contributed by atoms with Gasteiger partial charge < -0.3 is 5.32 Å². The zero-order valence-electron chi connectivity index (χ0n) is 9.42. The maximum atomic E-state index is 11.6. The summed E-state index contributed by atoms with van der Waals surface area (Å²) in [5.41, 5.74) is -0.912. The molecule has 0 aromatic rings. The maximum absolute atomic E-state index is 11.6. The monoisotopic (exact) mass is 206 g/mol. The van der Waals surface area contributed by atoms with Crippen molar-refractivity contribution in [2.24, 2.45) is 11.3 Å². The number of hydrogen-bond donors (Lipinski definition) is 1. The molecule has 1 N–H and O–H groups in total. The van der Waals surface area contributed by atoms with Crippen molar-refractivity contribution >= 4 is 5.91 Å². The standard InChI is InChI=1S/C12H18N2O/c1-12(2,9-13)11(15)14-8-10-6-4-3-5-7-10/h3-4,10H,5-8H2,1-2H3,(H,14,15). The lowest BCUT2D eigenvalue weighted by Crippen LogP contribution is -2.38. The minimum atomic E-state index is -0.912. The van der Waals surface area contributed by atoms with Crippen molar-refractivity contribution < 1.29 is 4.79 Å². The molecule has 1 aliphatic rings. The van der Waals surface area contributed by atoms with Gasteiger partial charge in [-0.1, -0.05) is 12.2 Å². The van der Waals surface area contributed by atoms with Gasteiger partial charge in [0.2, 0.25) is 5.91 Å². The van der Waals surface area contributed by atoms with E-state index < -0.39 is 5.41 Å². The molecule has 0 radical (unpaired) electrons. The second-order valence-electron chi connectivity index (χ2n) is 4.60. The van der Waals surface area contributed by atoms with Crippen molar-refractivity contribution in [2.45, 2.75) is 33.1 Å². The fraction of sp³-hybridized carbons (Fsp3) is 0.667. The predicted octanol–water partition coefficient (Wildman–Crippen LogP) is 2.01. The Morgan fingerprint density at radius 2 is 2.33 bits per heavy atom. The van der Waals surface area contributed by atoms with Gasteiger partial charge in [-0.2, -0.15) is 5.26 Å². The van der Waals surface area contributed by atoms with Gasteiger partial charge >= 0.3 is 0 Å². The topological polar surface area (TPSA) is 52.9 Å². The second-order valence-corrected chi connectivity index (χ2v) is 4.60. The van der Waals surface area contributed by atoms with E-state index >= 15 is 0 Å². The van der Waals surface area contributed by atoms with E-state index in [1.807, 2.05) is 6.07 Å². The molecule has 1 atom stereocenters. The average molecular weight is 206 g/mol. The largest absolute Gasteiger partial charge is 0.354 e. The predicted molar refractivity (Wildman–Crippen MR) is 58.9 cm³/mol. The van der Waals surface area contributed by atoms with Gasteiger partial charge in [0.25, 0.3) is 0 Å². The van der Waals surface area contributed by atoms with Crippen molar-refractivity contribution in [2.75, 3.05) is 6.54 Å². The van der Waals surface area contributed by atoms with Crippen LogP contribution in [0.15, 0.2) is 12.2 Å². The Balaban J connectivity index is 2.34. The third kappa shape index (κ3) is 3.39. The summed E-state index contributed by atoms with van der Waals surface area (Å²) in [6, 6.07) is 2.00. The number of amides is 1. The van der Waals surface area contributed by atoms with Crippen molar-refractivity contribution in [1.82, 2.24) is 5.32 Å². The van der Waals surface area contributed by atoms with Crippen molar-refractivity contribution in [3.05, 3.63) is 12.2 Å². The van der Waals surface area contributed by atoms with E-state index in [1.165, 1.54) is 0 Å². The van der Waals surface area contributed by atoms with E-state index in [0.29, 0.717) is 12.5 Å². The summed E-state index contributed by atoms with van der Waals surface area (Å²) >= 11 is 0. The van der Waals surface area contributed by atoms with Crippen molar-refractivity contribution in [3.8, 4) is 6.07 Å². The van der Waals surface area contributed by atoms with Gasteiger partial charge in [-0.3, -0.25) is 4.79 Å². The third-order valence-electron chi connectivity index (χ3n) is 2.78. The van der Waals surface area contributed by atoms with E-state index in [4.69, 9.17) is 5.26 Å². The Morgan fingerprint density at radius 3 is 2.87 bits per heavy atom. The van der Waals surface area contributed by atoms with Gasteiger partial charge in [-0.05, 0) is 39.0 Å². The molecule has 0 saturated carbocycles. The lowest BCUT2D eigenvalue weighted by Gasteiger charge is -2.21. The Morgan fingerprint density at radius 1 is 1.60 bits per heavy atom. The molecule has 1 aliphatic carbocycles. The molecular formula is C12H18N2O. The van der Waals surface area contributed by atoms with Gasteiger partial charge in [-0.15, -0.1) is 0 Å². The van der Waals surface area contributed by atoms with E-state index in [9.17, 15) is 4.79 Å². The van der Waals surface area contributed by atoms with Crippen LogP contribution >= 0.6 is 0 Å². The average Bonchev–Trinajstić information content (AvgIpc) is 2.27. The van der Waals surface area contributed by atoms with Gasteiger partial charge in [0, 0.05) is 6.54 Å². The molecule has 1 amide bonds. The molecule has 0 aromatic carbocycles. The number of carbonyl (C=O) groups excluding carboxylic acids is 1. The van der Waals surface area contributed by atoms with Crippen LogP contribution in [0.25, 0.3) is 0 Å².